The molecular weight excluding hydrogens is 306 g/mol. The molecule has 4 rings (SSSR count). The maximum absolute atomic E-state index is 12.9. The molecule has 0 aliphatic carbocycles. The average molecular weight is 325 g/mol. The monoisotopic (exact) mass is 325 g/mol. The van der Waals surface area contributed by atoms with Crippen molar-refractivity contribution >= 4 is 11.6 Å². The minimum Gasteiger partial charge on any atom is -0.339 e. The molecule has 3 aromatic heterocycles. The summed E-state index contributed by atoms with van der Waals surface area (Å²) in [7, 11) is 0. The van der Waals surface area contributed by atoms with Gasteiger partial charge in [-0.05, 0) is 25.0 Å². The molecule has 7 nitrogen and oxygen atoms in total. The van der Waals surface area contributed by atoms with Gasteiger partial charge >= 0.3 is 0 Å². The third-order valence-corrected chi connectivity index (χ3v) is 4.35. The number of carbonyl (C=O) groups is 1. The van der Waals surface area contributed by atoms with Gasteiger partial charge in [-0.1, -0.05) is 25.1 Å². The van der Waals surface area contributed by atoms with E-state index in [-0.39, 0.29) is 17.9 Å². The summed E-state index contributed by atoms with van der Waals surface area (Å²) in [5.74, 6) is 1.29. The Morgan fingerprint density at radius 2 is 2.21 bits per heavy atom. The van der Waals surface area contributed by atoms with E-state index in [1.807, 2.05) is 42.6 Å². The molecule has 24 heavy (non-hydrogen) atoms. The minimum absolute atomic E-state index is 0.0860. The standard InChI is InChI=1S/C17H19N5O2/c1-11(2)16-19-15(20-24-16)13-6-5-9-22(13)17(23)12-10-21-8-4-3-7-14(21)18-12/h3-4,7-8,10-11,13H,5-6,9H2,1-2H3/t13-/m0/s1. The number of amides is 1. The second-order valence-electron chi connectivity index (χ2n) is 6.39. The van der Waals surface area contributed by atoms with Crippen molar-refractivity contribution in [1.29, 1.82) is 0 Å². The normalized spacial score (nSPS) is 18.0. The number of hydrogen-bond donors (Lipinski definition) is 0. The van der Waals surface area contributed by atoms with Crippen LogP contribution in [-0.4, -0.2) is 36.9 Å². The van der Waals surface area contributed by atoms with E-state index in [9.17, 15) is 4.79 Å². The highest BCUT2D eigenvalue weighted by Gasteiger charge is 2.35. The number of fused-ring (bicyclic) bond motifs is 1. The van der Waals surface area contributed by atoms with Gasteiger partial charge < -0.3 is 13.8 Å². The van der Waals surface area contributed by atoms with E-state index in [0.29, 0.717) is 24.0 Å². The van der Waals surface area contributed by atoms with Crippen molar-refractivity contribution in [2.45, 2.75) is 38.6 Å². The molecule has 1 aliphatic rings. The molecule has 124 valence electrons. The number of hydrogen-bond acceptors (Lipinski definition) is 5. The Bertz CT molecular complexity index is 849. The van der Waals surface area contributed by atoms with Crippen molar-refractivity contribution in [2.24, 2.45) is 0 Å². The second kappa shape index (κ2) is 5.74. The van der Waals surface area contributed by atoms with Gasteiger partial charge in [-0.3, -0.25) is 4.79 Å². The van der Waals surface area contributed by atoms with E-state index in [1.165, 1.54) is 0 Å². The number of nitrogens with zero attached hydrogens (tertiary/aromatic N) is 5. The van der Waals surface area contributed by atoms with Crippen molar-refractivity contribution in [1.82, 2.24) is 24.4 Å². The molecule has 1 aliphatic heterocycles. The van der Waals surface area contributed by atoms with Crippen LogP contribution in [0.5, 0.6) is 0 Å². The SMILES string of the molecule is CC(C)c1nc([C@@H]2CCCN2C(=O)c2cn3ccccc3n2)no1. The zero-order valence-corrected chi connectivity index (χ0v) is 13.7. The van der Waals surface area contributed by atoms with Gasteiger partial charge in [0.05, 0.1) is 6.04 Å². The molecule has 4 heterocycles. The van der Waals surface area contributed by atoms with Crippen molar-refractivity contribution < 1.29 is 9.32 Å². The van der Waals surface area contributed by atoms with E-state index in [1.54, 1.807) is 11.1 Å². The lowest BCUT2D eigenvalue weighted by atomic mass is 10.2. The molecule has 1 atom stereocenters. The summed E-state index contributed by atoms with van der Waals surface area (Å²) in [4.78, 5) is 23.6. The first kappa shape index (κ1) is 14.9. The van der Waals surface area contributed by atoms with E-state index in [2.05, 4.69) is 15.1 Å². The summed E-state index contributed by atoms with van der Waals surface area (Å²) in [6.45, 7) is 4.69. The Kier molecular flexibility index (Phi) is 3.55. The predicted octanol–water partition coefficient (Wildman–Crippen LogP) is 2.82. The van der Waals surface area contributed by atoms with Crippen LogP contribution in [0.15, 0.2) is 35.1 Å². The first-order valence-corrected chi connectivity index (χ1v) is 8.21. The van der Waals surface area contributed by atoms with Crippen LogP contribution in [0, 0.1) is 0 Å². The summed E-state index contributed by atoms with van der Waals surface area (Å²) < 4.78 is 7.15. The largest absolute Gasteiger partial charge is 0.339 e. The average Bonchev–Trinajstić information content (AvgIpc) is 3.30. The maximum Gasteiger partial charge on any atom is 0.274 e. The summed E-state index contributed by atoms with van der Waals surface area (Å²) in [6.07, 6.45) is 5.42. The maximum atomic E-state index is 12.9. The van der Waals surface area contributed by atoms with Crippen LogP contribution < -0.4 is 0 Å². The second-order valence-corrected chi connectivity index (χ2v) is 6.39. The Morgan fingerprint density at radius 1 is 1.33 bits per heavy atom. The topological polar surface area (TPSA) is 76.5 Å². The van der Waals surface area contributed by atoms with Crippen LogP contribution in [0.4, 0.5) is 0 Å². The smallest absolute Gasteiger partial charge is 0.274 e. The van der Waals surface area contributed by atoms with Gasteiger partial charge in [-0.2, -0.15) is 4.98 Å². The fraction of sp³-hybridized carbons (Fsp3) is 0.412. The van der Waals surface area contributed by atoms with E-state index in [4.69, 9.17) is 4.52 Å². The lowest BCUT2D eigenvalue weighted by molar-refractivity contribution is 0.0723. The van der Waals surface area contributed by atoms with Crippen LogP contribution in [0.1, 0.15) is 60.9 Å². The zero-order valence-electron chi connectivity index (χ0n) is 13.7. The van der Waals surface area contributed by atoms with Crippen molar-refractivity contribution in [3.63, 3.8) is 0 Å². The molecule has 0 spiro atoms. The first-order chi connectivity index (χ1) is 11.6. The van der Waals surface area contributed by atoms with Gasteiger partial charge in [0.25, 0.3) is 5.91 Å². The van der Waals surface area contributed by atoms with Gasteiger partial charge in [0.15, 0.2) is 5.82 Å². The molecule has 1 fully saturated rings. The molecule has 0 N–H and O–H groups in total. The highest BCUT2D eigenvalue weighted by atomic mass is 16.5. The molecule has 3 aromatic rings. The molecule has 1 amide bonds. The molecular formula is C17H19N5O2. The number of imidazole rings is 1. The van der Waals surface area contributed by atoms with Gasteiger partial charge in [-0.25, -0.2) is 4.98 Å². The van der Waals surface area contributed by atoms with Crippen LogP contribution in [0.3, 0.4) is 0 Å². The first-order valence-electron chi connectivity index (χ1n) is 8.21. The number of rotatable bonds is 3. The van der Waals surface area contributed by atoms with Crippen molar-refractivity contribution in [3.8, 4) is 0 Å². The Balaban J connectivity index is 1.62. The zero-order chi connectivity index (χ0) is 16.7. The Hall–Kier alpha value is -2.70. The van der Waals surface area contributed by atoms with E-state index >= 15 is 0 Å². The predicted molar refractivity (Wildman–Crippen MR) is 86.6 cm³/mol. The van der Waals surface area contributed by atoms with Crippen molar-refractivity contribution in [3.05, 3.63) is 48.0 Å². The van der Waals surface area contributed by atoms with Gasteiger partial charge in [0.2, 0.25) is 5.89 Å². The molecule has 0 saturated carbocycles. The Labute approximate surface area is 139 Å². The van der Waals surface area contributed by atoms with Gasteiger partial charge in [-0.15, -0.1) is 0 Å². The van der Waals surface area contributed by atoms with E-state index < -0.39 is 0 Å². The van der Waals surface area contributed by atoms with Crippen LogP contribution in [0.25, 0.3) is 5.65 Å². The summed E-state index contributed by atoms with van der Waals surface area (Å²) >= 11 is 0. The lowest BCUT2D eigenvalue weighted by Crippen LogP contribution is -2.31. The summed E-state index contributed by atoms with van der Waals surface area (Å²) in [5.41, 5.74) is 1.21. The van der Waals surface area contributed by atoms with Crippen LogP contribution in [-0.2, 0) is 0 Å². The fourth-order valence-electron chi connectivity index (χ4n) is 3.08. The molecule has 0 aromatic carbocycles. The summed E-state index contributed by atoms with van der Waals surface area (Å²) in [5, 5.41) is 4.08. The fourth-order valence-corrected chi connectivity index (χ4v) is 3.08. The third kappa shape index (κ3) is 2.46. The van der Waals surface area contributed by atoms with Crippen LogP contribution in [0.2, 0.25) is 0 Å². The number of likely N-dealkylation sites (tertiary alicyclic amines) is 1. The lowest BCUT2D eigenvalue weighted by Gasteiger charge is -2.21. The number of pyridine rings is 1. The highest BCUT2D eigenvalue weighted by Crippen LogP contribution is 2.32. The van der Waals surface area contributed by atoms with Crippen molar-refractivity contribution in [2.75, 3.05) is 6.54 Å². The molecule has 1 saturated heterocycles. The van der Waals surface area contributed by atoms with Crippen LogP contribution >= 0.6 is 0 Å². The quantitative estimate of drug-likeness (QED) is 0.740. The summed E-state index contributed by atoms with van der Waals surface area (Å²) in [6, 6.07) is 5.56. The molecule has 0 bridgehead atoms. The Morgan fingerprint density at radius 3 is 2.96 bits per heavy atom. The highest BCUT2D eigenvalue weighted by molar-refractivity contribution is 5.93. The molecule has 0 unspecified atom stereocenters. The molecule has 0 radical (unpaired) electrons. The molecule has 7 heteroatoms. The number of aromatic nitrogens is 4. The van der Waals surface area contributed by atoms with Gasteiger partial charge in [0.1, 0.15) is 11.3 Å². The van der Waals surface area contributed by atoms with E-state index in [0.717, 1.165) is 18.5 Å². The van der Waals surface area contributed by atoms with Gasteiger partial charge in [0, 0.05) is 24.9 Å². The minimum atomic E-state index is -0.140. The number of carbonyl (C=O) groups excluding carboxylic acids is 1. The third-order valence-electron chi connectivity index (χ3n) is 4.35.